The molecule has 21 heavy (non-hydrogen) atoms. The molecule has 2 aromatic rings. The quantitative estimate of drug-likeness (QED) is 0.869. The van der Waals surface area contributed by atoms with Crippen LogP contribution in [0.25, 0.3) is 0 Å². The lowest BCUT2D eigenvalue weighted by atomic mass is 10.3. The van der Waals surface area contributed by atoms with Gasteiger partial charge in [-0.3, -0.25) is 0 Å². The van der Waals surface area contributed by atoms with Crippen molar-refractivity contribution < 1.29 is 26.1 Å². The van der Waals surface area contributed by atoms with E-state index in [0.29, 0.717) is 0 Å². The monoisotopic (exact) mass is 321 g/mol. The van der Waals surface area contributed by atoms with Crippen LogP contribution in [-0.4, -0.2) is 18.6 Å². The first-order valence-corrected chi connectivity index (χ1v) is 7.16. The van der Waals surface area contributed by atoms with Crippen molar-refractivity contribution in [2.24, 2.45) is 0 Å². The van der Waals surface area contributed by atoms with Crippen LogP contribution in [-0.2, 0) is 10.0 Å². The number of aromatic nitrogens is 2. The predicted molar refractivity (Wildman–Crippen MR) is 64.1 cm³/mol. The lowest BCUT2D eigenvalue weighted by Gasteiger charge is -2.11. The van der Waals surface area contributed by atoms with Crippen molar-refractivity contribution in [3.8, 4) is 0 Å². The van der Waals surface area contributed by atoms with Crippen LogP contribution in [0.1, 0.15) is 24.7 Å². The van der Waals surface area contributed by atoms with Crippen molar-refractivity contribution in [2.75, 3.05) is 0 Å². The standard InChI is InChI=1S/C11H10F3N3O3S/c1-5(11-15-6(2)16-20-11)17-21(18,19)10-4-8(13)7(12)3-9(10)14/h3-5,17H,1-2H3/t5-/m1/s1. The first-order chi connectivity index (χ1) is 9.70. The van der Waals surface area contributed by atoms with Crippen LogP contribution in [0.4, 0.5) is 13.2 Å². The molecule has 0 aliphatic heterocycles. The maximum atomic E-state index is 13.5. The van der Waals surface area contributed by atoms with Gasteiger partial charge >= 0.3 is 0 Å². The summed E-state index contributed by atoms with van der Waals surface area (Å²) in [5, 5.41) is 3.48. The van der Waals surface area contributed by atoms with E-state index in [9.17, 15) is 21.6 Å². The molecule has 0 saturated carbocycles. The summed E-state index contributed by atoms with van der Waals surface area (Å²) in [5.41, 5.74) is 0. The largest absolute Gasteiger partial charge is 0.338 e. The van der Waals surface area contributed by atoms with Gasteiger partial charge in [0.05, 0.1) is 6.04 Å². The Hall–Kier alpha value is -1.94. The van der Waals surface area contributed by atoms with Gasteiger partial charge in [-0.15, -0.1) is 0 Å². The molecule has 1 N–H and O–H groups in total. The highest BCUT2D eigenvalue weighted by atomic mass is 32.2. The minimum Gasteiger partial charge on any atom is -0.338 e. The Morgan fingerprint density at radius 1 is 1.19 bits per heavy atom. The van der Waals surface area contributed by atoms with E-state index in [1.54, 1.807) is 0 Å². The smallest absolute Gasteiger partial charge is 0.244 e. The molecule has 0 aliphatic carbocycles. The predicted octanol–water partition coefficient (Wildman–Crippen LogP) is 1.83. The summed E-state index contributed by atoms with van der Waals surface area (Å²) in [7, 11) is -4.43. The minimum atomic E-state index is -4.43. The number of sulfonamides is 1. The van der Waals surface area contributed by atoms with Gasteiger partial charge in [-0.1, -0.05) is 5.16 Å². The fourth-order valence-corrected chi connectivity index (χ4v) is 2.81. The fourth-order valence-electron chi connectivity index (χ4n) is 1.55. The minimum absolute atomic E-state index is 0.0425. The van der Waals surface area contributed by atoms with Crippen LogP contribution in [0.2, 0.25) is 0 Å². The molecule has 0 bridgehead atoms. The molecular formula is C11H10F3N3O3S. The third-order valence-corrected chi connectivity index (χ3v) is 4.07. The Morgan fingerprint density at radius 3 is 2.38 bits per heavy atom. The second kappa shape index (κ2) is 5.45. The van der Waals surface area contributed by atoms with Gasteiger partial charge in [0, 0.05) is 6.07 Å². The topological polar surface area (TPSA) is 85.1 Å². The molecule has 0 unspecified atom stereocenters. The summed E-state index contributed by atoms with van der Waals surface area (Å²) in [4.78, 5) is 2.80. The Morgan fingerprint density at radius 2 is 1.81 bits per heavy atom. The van der Waals surface area contributed by atoms with Crippen LogP contribution >= 0.6 is 0 Å². The van der Waals surface area contributed by atoms with Gasteiger partial charge in [-0.05, 0) is 19.9 Å². The van der Waals surface area contributed by atoms with Crippen LogP contribution in [0, 0.1) is 24.4 Å². The molecule has 0 spiro atoms. The third kappa shape index (κ3) is 3.22. The van der Waals surface area contributed by atoms with Gasteiger partial charge in [-0.25, -0.2) is 21.6 Å². The van der Waals surface area contributed by atoms with Crippen molar-refractivity contribution in [3.05, 3.63) is 41.3 Å². The van der Waals surface area contributed by atoms with E-state index in [0.717, 1.165) is 0 Å². The zero-order chi connectivity index (χ0) is 15.8. The molecule has 0 amide bonds. The summed E-state index contributed by atoms with van der Waals surface area (Å²) in [5.74, 6) is -4.12. The van der Waals surface area contributed by atoms with Crippen LogP contribution in [0.15, 0.2) is 21.6 Å². The number of halogens is 3. The number of aryl methyl sites for hydroxylation is 1. The van der Waals surface area contributed by atoms with E-state index in [4.69, 9.17) is 4.52 Å². The van der Waals surface area contributed by atoms with Crippen molar-refractivity contribution in [3.63, 3.8) is 0 Å². The molecular weight excluding hydrogens is 311 g/mol. The Bertz CT molecular complexity index is 776. The third-order valence-electron chi connectivity index (χ3n) is 2.51. The number of nitrogens with zero attached hydrogens (tertiary/aromatic N) is 2. The highest BCUT2D eigenvalue weighted by Crippen LogP contribution is 2.21. The lowest BCUT2D eigenvalue weighted by Crippen LogP contribution is -2.28. The molecule has 1 atom stereocenters. The number of benzene rings is 1. The molecule has 0 radical (unpaired) electrons. The molecule has 6 nitrogen and oxygen atoms in total. The van der Waals surface area contributed by atoms with E-state index < -0.39 is 38.4 Å². The summed E-state index contributed by atoms with van der Waals surface area (Å²) in [6, 6.07) is -0.548. The van der Waals surface area contributed by atoms with E-state index >= 15 is 0 Å². The maximum Gasteiger partial charge on any atom is 0.244 e. The summed E-state index contributed by atoms with van der Waals surface area (Å²) in [6.45, 7) is 2.91. The molecule has 0 fully saturated rings. The van der Waals surface area contributed by atoms with E-state index in [1.807, 2.05) is 4.72 Å². The van der Waals surface area contributed by atoms with Gasteiger partial charge in [0.25, 0.3) is 0 Å². The van der Waals surface area contributed by atoms with Crippen LogP contribution < -0.4 is 4.72 Å². The second-order valence-corrected chi connectivity index (χ2v) is 5.90. The summed E-state index contributed by atoms with van der Waals surface area (Å²) >= 11 is 0. The number of nitrogens with one attached hydrogen (secondary N) is 1. The number of hydrogen-bond donors (Lipinski definition) is 1. The molecule has 10 heteroatoms. The molecule has 2 rings (SSSR count). The highest BCUT2D eigenvalue weighted by Gasteiger charge is 2.26. The lowest BCUT2D eigenvalue weighted by molar-refractivity contribution is 0.350. The molecule has 1 aromatic carbocycles. The van der Waals surface area contributed by atoms with E-state index in [-0.39, 0.29) is 23.8 Å². The normalized spacial score (nSPS) is 13.4. The zero-order valence-electron chi connectivity index (χ0n) is 10.9. The zero-order valence-corrected chi connectivity index (χ0v) is 11.7. The van der Waals surface area contributed by atoms with E-state index in [2.05, 4.69) is 10.1 Å². The van der Waals surface area contributed by atoms with Crippen molar-refractivity contribution in [1.29, 1.82) is 0 Å². The van der Waals surface area contributed by atoms with Crippen molar-refractivity contribution in [2.45, 2.75) is 24.8 Å². The summed E-state index contributed by atoms with van der Waals surface area (Å²) < 4.78 is 70.2. The average Bonchev–Trinajstić information content (AvgIpc) is 2.80. The van der Waals surface area contributed by atoms with Gasteiger partial charge in [-0.2, -0.15) is 9.71 Å². The van der Waals surface area contributed by atoms with E-state index in [1.165, 1.54) is 13.8 Å². The van der Waals surface area contributed by atoms with Crippen molar-refractivity contribution in [1.82, 2.24) is 14.9 Å². The fraction of sp³-hybridized carbons (Fsp3) is 0.273. The molecule has 0 aliphatic rings. The van der Waals surface area contributed by atoms with Gasteiger partial charge in [0.2, 0.25) is 15.9 Å². The SMILES string of the molecule is Cc1noc([C@@H](C)NS(=O)(=O)c2cc(F)c(F)cc2F)n1. The molecule has 0 saturated heterocycles. The number of rotatable bonds is 4. The molecule has 1 aromatic heterocycles. The summed E-state index contributed by atoms with van der Waals surface area (Å²) in [6.07, 6.45) is 0. The first kappa shape index (κ1) is 15.4. The first-order valence-electron chi connectivity index (χ1n) is 5.68. The van der Waals surface area contributed by atoms with Crippen molar-refractivity contribution >= 4 is 10.0 Å². The van der Waals surface area contributed by atoms with Gasteiger partial charge < -0.3 is 4.52 Å². The number of hydrogen-bond acceptors (Lipinski definition) is 5. The van der Waals surface area contributed by atoms with Crippen LogP contribution in [0.3, 0.4) is 0 Å². The average molecular weight is 321 g/mol. The Kier molecular flexibility index (Phi) is 4.01. The Balaban J connectivity index is 2.32. The van der Waals surface area contributed by atoms with Gasteiger partial charge in [0.15, 0.2) is 17.5 Å². The van der Waals surface area contributed by atoms with Gasteiger partial charge in [0.1, 0.15) is 10.7 Å². The van der Waals surface area contributed by atoms with Crippen LogP contribution in [0.5, 0.6) is 0 Å². The maximum absolute atomic E-state index is 13.5. The highest BCUT2D eigenvalue weighted by molar-refractivity contribution is 7.89. The molecule has 114 valence electrons. The second-order valence-electron chi connectivity index (χ2n) is 4.22. The molecule has 1 heterocycles. The Labute approximate surface area is 118 Å².